The van der Waals surface area contributed by atoms with Gasteiger partial charge in [0.1, 0.15) is 17.2 Å². The molecular weight excluding hydrogens is 388 g/mol. The van der Waals surface area contributed by atoms with Crippen LogP contribution in [0, 0.1) is 11.6 Å². The summed E-state index contributed by atoms with van der Waals surface area (Å²) in [6.45, 7) is 10.3. The summed E-state index contributed by atoms with van der Waals surface area (Å²) in [6, 6.07) is 7.44. The molecule has 1 aliphatic rings. The Labute approximate surface area is 175 Å². The monoisotopic (exact) mass is 415 g/mol. The molecule has 0 atom stereocenters. The van der Waals surface area contributed by atoms with Gasteiger partial charge in [0.2, 0.25) is 0 Å². The summed E-state index contributed by atoms with van der Waals surface area (Å²) in [6.07, 6.45) is 2.10. The molecule has 0 saturated carbocycles. The Bertz CT molecular complexity index is 989. The van der Waals surface area contributed by atoms with Crippen LogP contribution in [0.5, 0.6) is 0 Å². The fraction of sp³-hybridized carbons (Fsp3) is 0.417. The number of ether oxygens (including phenoxy) is 1. The van der Waals surface area contributed by atoms with Crippen LogP contribution in [-0.4, -0.2) is 18.5 Å². The maximum Gasteiger partial charge on any atom is 0.344 e. The predicted molar refractivity (Wildman–Crippen MR) is 112 cm³/mol. The zero-order valence-electron chi connectivity index (χ0n) is 18.0. The van der Waals surface area contributed by atoms with Crippen LogP contribution in [0.25, 0.3) is 0 Å². The Hall–Kier alpha value is -2.76. The number of carbonyl (C=O) groups is 2. The maximum atomic E-state index is 14.3. The van der Waals surface area contributed by atoms with E-state index >= 15 is 0 Å². The molecule has 6 heteroatoms. The number of fused-ring (bicyclic) bond motifs is 1. The first-order chi connectivity index (χ1) is 14.0. The summed E-state index contributed by atoms with van der Waals surface area (Å²) in [4.78, 5) is 24.3. The molecule has 1 N–H and O–H groups in total. The highest BCUT2D eigenvalue weighted by atomic mass is 19.1. The maximum absolute atomic E-state index is 14.3. The van der Waals surface area contributed by atoms with E-state index in [-0.39, 0.29) is 23.0 Å². The van der Waals surface area contributed by atoms with E-state index in [1.54, 1.807) is 6.07 Å². The second kappa shape index (κ2) is 7.82. The molecule has 0 unspecified atom stereocenters. The van der Waals surface area contributed by atoms with Gasteiger partial charge in [0.25, 0.3) is 5.91 Å². The van der Waals surface area contributed by atoms with Crippen molar-refractivity contribution in [1.29, 1.82) is 0 Å². The molecular formula is C24H27F2NO3. The van der Waals surface area contributed by atoms with Crippen molar-refractivity contribution in [3.63, 3.8) is 0 Å². The number of benzene rings is 2. The molecule has 3 rings (SSSR count). The molecule has 0 aromatic heterocycles. The summed E-state index contributed by atoms with van der Waals surface area (Å²) in [5, 5.41) is 2.71. The largest absolute Gasteiger partial charge is 0.462 e. The quantitative estimate of drug-likeness (QED) is 0.648. The lowest BCUT2D eigenvalue weighted by molar-refractivity contribution is 0.0515. The van der Waals surface area contributed by atoms with Crippen molar-refractivity contribution >= 4 is 17.6 Å². The molecule has 160 valence electrons. The van der Waals surface area contributed by atoms with Crippen molar-refractivity contribution in [3.8, 4) is 0 Å². The molecule has 30 heavy (non-hydrogen) atoms. The molecule has 2 aromatic rings. The van der Waals surface area contributed by atoms with Gasteiger partial charge in [-0.2, -0.15) is 0 Å². The molecule has 4 nitrogen and oxygen atoms in total. The number of halogens is 2. The van der Waals surface area contributed by atoms with E-state index in [9.17, 15) is 18.4 Å². The Morgan fingerprint density at radius 1 is 0.967 bits per heavy atom. The lowest BCUT2D eigenvalue weighted by Crippen LogP contribution is -2.33. The van der Waals surface area contributed by atoms with E-state index in [1.807, 2.05) is 12.1 Å². The number of hydrogen-bond donors (Lipinski definition) is 1. The molecule has 1 aliphatic carbocycles. The van der Waals surface area contributed by atoms with Gasteiger partial charge in [-0.05, 0) is 66.0 Å². The first-order valence-electron chi connectivity index (χ1n) is 10.1. The minimum atomic E-state index is -1.13. The SMILES string of the molecule is CCOC(=O)c1c(F)cc(C(=O)Nc2ccc3c(c2)C(C)(C)CCC3(C)C)cc1F. The Balaban J connectivity index is 1.89. The standard InChI is InChI=1S/C24H27F2NO3/c1-6-30-22(29)20-18(25)11-14(12-19(20)26)21(28)27-15-7-8-16-17(13-15)24(4,5)10-9-23(16,2)3/h7-8,11-13H,6,9-10H2,1-5H3,(H,27,28). The number of amides is 1. The number of anilines is 1. The molecule has 0 fully saturated rings. The first-order valence-corrected chi connectivity index (χ1v) is 10.1. The van der Waals surface area contributed by atoms with E-state index < -0.39 is 29.1 Å². The smallest absolute Gasteiger partial charge is 0.344 e. The van der Waals surface area contributed by atoms with Gasteiger partial charge in [-0.15, -0.1) is 0 Å². The number of carbonyl (C=O) groups excluding carboxylic acids is 2. The van der Waals surface area contributed by atoms with Crippen LogP contribution in [0.3, 0.4) is 0 Å². The Morgan fingerprint density at radius 2 is 1.53 bits per heavy atom. The third kappa shape index (κ3) is 4.09. The van der Waals surface area contributed by atoms with Crippen LogP contribution in [0.4, 0.5) is 14.5 Å². The van der Waals surface area contributed by atoms with E-state index in [4.69, 9.17) is 0 Å². The van der Waals surface area contributed by atoms with Crippen LogP contribution < -0.4 is 5.32 Å². The van der Waals surface area contributed by atoms with Crippen LogP contribution in [0.15, 0.2) is 30.3 Å². The van der Waals surface area contributed by atoms with Crippen LogP contribution >= 0.6 is 0 Å². The van der Waals surface area contributed by atoms with Crippen LogP contribution in [0.1, 0.15) is 79.3 Å². The number of rotatable bonds is 4. The summed E-state index contributed by atoms with van der Waals surface area (Å²) in [5.41, 5.74) is 1.95. The topological polar surface area (TPSA) is 55.4 Å². The van der Waals surface area contributed by atoms with Crippen LogP contribution in [-0.2, 0) is 15.6 Å². The summed E-state index contributed by atoms with van der Waals surface area (Å²) < 4.78 is 33.2. The molecule has 0 saturated heterocycles. The summed E-state index contributed by atoms with van der Waals surface area (Å²) >= 11 is 0. The van der Waals surface area contributed by atoms with Crippen molar-refractivity contribution in [2.45, 2.75) is 58.3 Å². The minimum absolute atomic E-state index is 0.00850. The third-order valence-electron chi connectivity index (χ3n) is 5.89. The third-order valence-corrected chi connectivity index (χ3v) is 5.89. The number of nitrogens with one attached hydrogen (secondary N) is 1. The molecule has 0 heterocycles. The Kier molecular flexibility index (Phi) is 5.72. The fourth-order valence-corrected chi connectivity index (χ4v) is 3.97. The van der Waals surface area contributed by atoms with Gasteiger partial charge in [0.05, 0.1) is 6.61 Å². The molecule has 0 spiro atoms. The lowest BCUT2D eigenvalue weighted by Gasteiger charge is -2.42. The fourth-order valence-electron chi connectivity index (χ4n) is 3.97. The zero-order valence-corrected chi connectivity index (χ0v) is 18.0. The van der Waals surface area contributed by atoms with Gasteiger partial charge >= 0.3 is 5.97 Å². The van der Waals surface area contributed by atoms with Gasteiger partial charge in [-0.1, -0.05) is 33.8 Å². The van der Waals surface area contributed by atoms with Gasteiger partial charge in [0, 0.05) is 11.3 Å². The number of esters is 1. The lowest BCUT2D eigenvalue weighted by atomic mass is 9.63. The van der Waals surface area contributed by atoms with Gasteiger partial charge in [-0.25, -0.2) is 13.6 Å². The molecule has 0 aliphatic heterocycles. The highest BCUT2D eigenvalue weighted by Crippen LogP contribution is 2.46. The van der Waals surface area contributed by atoms with Crippen molar-refractivity contribution in [2.75, 3.05) is 11.9 Å². The van der Waals surface area contributed by atoms with Gasteiger partial charge < -0.3 is 10.1 Å². The van der Waals surface area contributed by atoms with E-state index in [0.717, 1.165) is 30.5 Å². The molecule has 1 amide bonds. The average Bonchev–Trinajstić information content (AvgIpc) is 2.65. The highest BCUT2D eigenvalue weighted by Gasteiger charge is 2.37. The van der Waals surface area contributed by atoms with Crippen LogP contribution in [0.2, 0.25) is 0 Å². The van der Waals surface area contributed by atoms with Crippen molar-refractivity contribution in [1.82, 2.24) is 0 Å². The van der Waals surface area contributed by atoms with Gasteiger partial charge in [-0.3, -0.25) is 4.79 Å². The summed E-state index contributed by atoms with van der Waals surface area (Å²) in [5.74, 6) is -4.02. The normalized spacial score (nSPS) is 16.5. The second-order valence-corrected chi connectivity index (χ2v) is 9.02. The zero-order chi connectivity index (χ0) is 22.3. The molecule has 0 radical (unpaired) electrons. The van der Waals surface area contributed by atoms with E-state index in [1.165, 1.54) is 12.5 Å². The average molecular weight is 415 g/mol. The van der Waals surface area contributed by atoms with Gasteiger partial charge in [0.15, 0.2) is 0 Å². The molecule has 0 bridgehead atoms. The first kappa shape index (κ1) is 21.9. The summed E-state index contributed by atoms with van der Waals surface area (Å²) in [7, 11) is 0. The minimum Gasteiger partial charge on any atom is -0.462 e. The Morgan fingerprint density at radius 3 is 2.10 bits per heavy atom. The highest BCUT2D eigenvalue weighted by molar-refractivity contribution is 6.05. The van der Waals surface area contributed by atoms with E-state index in [2.05, 4.69) is 37.7 Å². The van der Waals surface area contributed by atoms with Crippen molar-refractivity contribution < 1.29 is 23.1 Å². The van der Waals surface area contributed by atoms with Crippen molar-refractivity contribution in [3.05, 3.63) is 64.2 Å². The second-order valence-electron chi connectivity index (χ2n) is 9.02. The predicted octanol–water partition coefficient (Wildman–Crippen LogP) is 5.74. The van der Waals surface area contributed by atoms with Crippen molar-refractivity contribution in [2.24, 2.45) is 0 Å². The molecule has 2 aromatic carbocycles. The number of hydrogen-bond acceptors (Lipinski definition) is 3. The van der Waals surface area contributed by atoms with E-state index in [0.29, 0.717) is 5.69 Å².